The van der Waals surface area contributed by atoms with E-state index < -0.39 is 0 Å². The van der Waals surface area contributed by atoms with Gasteiger partial charge in [-0.25, -0.2) is 0 Å². The molecule has 0 heterocycles. The molecule has 0 aliphatic heterocycles. The third kappa shape index (κ3) is 4.70. The van der Waals surface area contributed by atoms with Gasteiger partial charge in [-0.3, -0.25) is 0 Å². The standard InChI is InChI=1S/C12H19NO2/c1-10(2)13-11-4-6-12(7-5-11)15-9-8-14-3/h4-7,10,13H,8-9H2,1-3H3. The summed E-state index contributed by atoms with van der Waals surface area (Å²) in [6.07, 6.45) is 0. The van der Waals surface area contributed by atoms with Crippen molar-refractivity contribution in [2.24, 2.45) is 0 Å². The molecule has 0 aliphatic rings. The van der Waals surface area contributed by atoms with Crippen LogP contribution in [0.2, 0.25) is 0 Å². The maximum Gasteiger partial charge on any atom is 0.119 e. The average Bonchev–Trinajstić information content (AvgIpc) is 2.20. The van der Waals surface area contributed by atoms with E-state index in [1.807, 2.05) is 24.3 Å². The minimum atomic E-state index is 0.449. The largest absolute Gasteiger partial charge is 0.491 e. The smallest absolute Gasteiger partial charge is 0.119 e. The molecule has 0 saturated carbocycles. The molecule has 0 aliphatic carbocycles. The fourth-order valence-corrected chi connectivity index (χ4v) is 1.22. The zero-order valence-electron chi connectivity index (χ0n) is 9.62. The Bertz CT molecular complexity index is 269. The Labute approximate surface area is 91.4 Å². The maximum absolute atomic E-state index is 5.45. The van der Waals surface area contributed by atoms with E-state index in [0.29, 0.717) is 19.3 Å². The van der Waals surface area contributed by atoms with Crippen LogP contribution in [0.4, 0.5) is 5.69 Å². The molecule has 1 aromatic carbocycles. The number of methoxy groups -OCH3 is 1. The maximum atomic E-state index is 5.45. The molecule has 0 aromatic heterocycles. The highest BCUT2D eigenvalue weighted by Gasteiger charge is 1.96. The predicted molar refractivity (Wildman–Crippen MR) is 62.6 cm³/mol. The lowest BCUT2D eigenvalue weighted by atomic mass is 10.3. The Kier molecular flexibility index (Phi) is 4.98. The van der Waals surface area contributed by atoms with Crippen LogP contribution in [-0.4, -0.2) is 26.4 Å². The molecule has 0 radical (unpaired) electrons. The van der Waals surface area contributed by atoms with Crippen molar-refractivity contribution in [2.75, 3.05) is 25.6 Å². The number of anilines is 1. The van der Waals surface area contributed by atoms with Crippen LogP contribution in [0, 0.1) is 0 Å². The first-order valence-electron chi connectivity index (χ1n) is 5.20. The van der Waals surface area contributed by atoms with E-state index in [4.69, 9.17) is 9.47 Å². The molecule has 0 atom stereocenters. The van der Waals surface area contributed by atoms with Crippen LogP contribution in [0.5, 0.6) is 5.75 Å². The highest BCUT2D eigenvalue weighted by Crippen LogP contribution is 2.16. The molecule has 0 fully saturated rings. The molecule has 0 unspecified atom stereocenters. The van der Waals surface area contributed by atoms with Gasteiger partial charge in [0.25, 0.3) is 0 Å². The van der Waals surface area contributed by atoms with Crippen molar-refractivity contribution in [2.45, 2.75) is 19.9 Å². The van der Waals surface area contributed by atoms with Crippen molar-refractivity contribution >= 4 is 5.69 Å². The molecule has 15 heavy (non-hydrogen) atoms. The predicted octanol–water partition coefficient (Wildman–Crippen LogP) is 2.53. The van der Waals surface area contributed by atoms with Crippen molar-refractivity contribution in [3.8, 4) is 5.75 Å². The summed E-state index contributed by atoms with van der Waals surface area (Å²) in [5.41, 5.74) is 1.11. The minimum absolute atomic E-state index is 0.449. The van der Waals surface area contributed by atoms with Crippen LogP contribution < -0.4 is 10.1 Å². The van der Waals surface area contributed by atoms with Gasteiger partial charge in [0.05, 0.1) is 6.61 Å². The molecule has 3 nitrogen and oxygen atoms in total. The summed E-state index contributed by atoms with van der Waals surface area (Å²) >= 11 is 0. The van der Waals surface area contributed by atoms with Crippen LogP contribution in [0.1, 0.15) is 13.8 Å². The monoisotopic (exact) mass is 209 g/mol. The summed E-state index contributed by atoms with van der Waals surface area (Å²) in [5.74, 6) is 0.876. The molecule has 0 saturated heterocycles. The molecule has 1 rings (SSSR count). The lowest BCUT2D eigenvalue weighted by Crippen LogP contribution is -2.09. The normalized spacial score (nSPS) is 10.4. The molecule has 84 valence electrons. The second kappa shape index (κ2) is 6.30. The van der Waals surface area contributed by atoms with Gasteiger partial charge >= 0.3 is 0 Å². The summed E-state index contributed by atoms with van der Waals surface area (Å²) in [5, 5.41) is 3.32. The molecule has 0 bridgehead atoms. The van der Waals surface area contributed by atoms with Crippen LogP contribution >= 0.6 is 0 Å². The summed E-state index contributed by atoms with van der Waals surface area (Å²) in [7, 11) is 1.67. The molecule has 1 N–H and O–H groups in total. The Hall–Kier alpha value is -1.22. The van der Waals surface area contributed by atoms with E-state index >= 15 is 0 Å². The van der Waals surface area contributed by atoms with Gasteiger partial charge in [-0.2, -0.15) is 0 Å². The van der Waals surface area contributed by atoms with Gasteiger partial charge in [0.15, 0.2) is 0 Å². The van der Waals surface area contributed by atoms with Crippen molar-refractivity contribution < 1.29 is 9.47 Å². The van der Waals surface area contributed by atoms with Gasteiger partial charge in [0, 0.05) is 18.8 Å². The summed E-state index contributed by atoms with van der Waals surface area (Å²) in [6, 6.07) is 8.40. The van der Waals surface area contributed by atoms with Crippen LogP contribution in [0.3, 0.4) is 0 Å². The Balaban J connectivity index is 2.42. The van der Waals surface area contributed by atoms with Crippen LogP contribution in [0.25, 0.3) is 0 Å². The van der Waals surface area contributed by atoms with Gasteiger partial charge in [-0.1, -0.05) is 0 Å². The minimum Gasteiger partial charge on any atom is -0.491 e. The molecular formula is C12H19NO2. The number of nitrogens with one attached hydrogen (secondary N) is 1. The first-order chi connectivity index (χ1) is 7.22. The molecule has 1 aromatic rings. The van der Waals surface area contributed by atoms with E-state index in [-0.39, 0.29) is 0 Å². The van der Waals surface area contributed by atoms with Gasteiger partial charge in [0.1, 0.15) is 12.4 Å². The van der Waals surface area contributed by atoms with Crippen molar-refractivity contribution in [3.63, 3.8) is 0 Å². The Morgan fingerprint density at radius 2 is 1.80 bits per heavy atom. The van der Waals surface area contributed by atoms with E-state index in [1.165, 1.54) is 0 Å². The average molecular weight is 209 g/mol. The number of hydrogen-bond donors (Lipinski definition) is 1. The molecule has 3 heteroatoms. The molecule has 0 spiro atoms. The van der Waals surface area contributed by atoms with Gasteiger partial charge in [0.2, 0.25) is 0 Å². The second-order valence-corrected chi connectivity index (χ2v) is 3.66. The highest BCUT2D eigenvalue weighted by molar-refractivity contribution is 5.46. The topological polar surface area (TPSA) is 30.5 Å². The summed E-state index contributed by atoms with van der Waals surface area (Å²) in [6.45, 7) is 5.44. The van der Waals surface area contributed by atoms with E-state index in [0.717, 1.165) is 11.4 Å². The summed E-state index contributed by atoms with van der Waals surface area (Å²) in [4.78, 5) is 0. The van der Waals surface area contributed by atoms with E-state index in [1.54, 1.807) is 7.11 Å². The number of hydrogen-bond acceptors (Lipinski definition) is 3. The molecule has 0 amide bonds. The second-order valence-electron chi connectivity index (χ2n) is 3.66. The van der Waals surface area contributed by atoms with Gasteiger partial charge in [-0.05, 0) is 38.1 Å². The fraction of sp³-hybridized carbons (Fsp3) is 0.500. The fourth-order valence-electron chi connectivity index (χ4n) is 1.22. The third-order valence-electron chi connectivity index (χ3n) is 1.87. The quantitative estimate of drug-likeness (QED) is 0.730. The van der Waals surface area contributed by atoms with Gasteiger partial charge in [-0.15, -0.1) is 0 Å². The van der Waals surface area contributed by atoms with Crippen molar-refractivity contribution in [1.82, 2.24) is 0 Å². The first-order valence-corrected chi connectivity index (χ1v) is 5.20. The SMILES string of the molecule is COCCOc1ccc(NC(C)C)cc1. The van der Waals surface area contributed by atoms with Crippen LogP contribution in [0.15, 0.2) is 24.3 Å². The Morgan fingerprint density at radius 3 is 2.33 bits per heavy atom. The third-order valence-corrected chi connectivity index (χ3v) is 1.87. The lowest BCUT2D eigenvalue weighted by molar-refractivity contribution is 0.146. The van der Waals surface area contributed by atoms with Gasteiger partial charge < -0.3 is 14.8 Å². The van der Waals surface area contributed by atoms with E-state index in [2.05, 4.69) is 19.2 Å². The van der Waals surface area contributed by atoms with Crippen molar-refractivity contribution in [3.05, 3.63) is 24.3 Å². The number of ether oxygens (including phenoxy) is 2. The lowest BCUT2D eigenvalue weighted by Gasteiger charge is -2.10. The number of benzene rings is 1. The Morgan fingerprint density at radius 1 is 1.13 bits per heavy atom. The molecular weight excluding hydrogens is 190 g/mol. The zero-order valence-corrected chi connectivity index (χ0v) is 9.62. The highest BCUT2D eigenvalue weighted by atomic mass is 16.5. The van der Waals surface area contributed by atoms with Crippen LogP contribution in [-0.2, 0) is 4.74 Å². The summed E-state index contributed by atoms with van der Waals surface area (Å²) < 4.78 is 10.4. The van der Waals surface area contributed by atoms with Crippen molar-refractivity contribution in [1.29, 1.82) is 0 Å². The first kappa shape index (κ1) is 11.9. The zero-order chi connectivity index (χ0) is 11.1. The van der Waals surface area contributed by atoms with E-state index in [9.17, 15) is 0 Å². The number of rotatable bonds is 6.